The maximum absolute atomic E-state index is 10.3. The Balaban J connectivity index is 1.25. The average molecular weight is 1100 g/mol. The first-order chi connectivity index (χ1) is 46.8. The van der Waals surface area contributed by atoms with Gasteiger partial charge in [-0.05, 0) is 131 Å². The molecule has 0 aliphatic carbocycles. The van der Waals surface area contributed by atoms with E-state index in [0.717, 1.165) is 44.2 Å². The topological polar surface area (TPSA) is 6.48 Å². The second kappa shape index (κ2) is 21.4. The minimum absolute atomic E-state index is 0.128. The van der Waals surface area contributed by atoms with Crippen LogP contribution in [0.15, 0.2) is 315 Å². The molecule has 0 amide bonds. The summed E-state index contributed by atoms with van der Waals surface area (Å²) in [6.07, 6.45) is 0. The van der Waals surface area contributed by atoms with Crippen molar-refractivity contribution >= 4 is 57.2 Å². The molecule has 3 heteroatoms. The van der Waals surface area contributed by atoms with Crippen LogP contribution in [0.25, 0.3) is 89.0 Å². The molecule has 0 fully saturated rings. The summed E-state index contributed by atoms with van der Waals surface area (Å²) in [5, 5.41) is 0. The van der Waals surface area contributed by atoms with Crippen molar-refractivity contribution in [1.82, 2.24) is 0 Å². The molecule has 2 heterocycles. The fourth-order valence-electron chi connectivity index (χ4n) is 12.7. The van der Waals surface area contributed by atoms with Crippen LogP contribution in [0, 0.1) is 0 Å². The molecule has 2 nitrogen and oxygen atoms in total. The second-order valence-corrected chi connectivity index (χ2v) is 22.7. The Morgan fingerprint density at radius 2 is 0.553 bits per heavy atom. The van der Waals surface area contributed by atoms with E-state index in [0.29, 0.717) is 101 Å². The van der Waals surface area contributed by atoms with E-state index in [-0.39, 0.29) is 72.5 Å². The summed E-state index contributed by atoms with van der Waals surface area (Å²) < 4.78 is 115. The van der Waals surface area contributed by atoms with Crippen molar-refractivity contribution < 1.29 is 16.4 Å². The van der Waals surface area contributed by atoms with E-state index in [1.807, 2.05) is 158 Å². The molecule has 0 bridgehead atoms. The van der Waals surface area contributed by atoms with Crippen molar-refractivity contribution in [3.05, 3.63) is 321 Å². The second-order valence-electron chi connectivity index (χ2n) is 22.7. The standard InChI is InChI=1S/C82H61BN2/c1-82(2,3)66-54-75-79-76(55-66)85(81-69(60-38-20-8-21-39-60)48-29-49-70(81)61-40-22-9-23-41-61)74-53-65(57-32-14-5-15-33-57)51-72(63-44-26-11-27-45-63)78(74)83(79)77-71(62-42-24-10-25-43-62)50-64(56-30-12-4-13-31-56)52-73(77)84(75)80-67(58-34-16-6-17-35-58)46-28-47-68(80)59-36-18-7-19-37-59/h4-55H,1-3H3/i4D,5D,12D,13D,14D,15D,28D,29D,46D,47D,48D,49D. The van der Waals surface area contributed by atoms with Crippen molar-refractivity contribution in [3.63, 3.8) is 0 Å². The number of nitrogens with zero attached hydrogens (tertiary/aromatic N) is 2. The molecule has 13 aromatic carbocycles. The van der Waals surface area contributed by atoms with Crippen molar-refractivity contribution in [2.75, 3.05) is 9.80 Å². The van der Waals surface area contributed by atoms with Gasteiger partial charge in [0, 0.05) is 45.0 Å². The summed E-state index contributed by atoms with van der Waals surface area (Å²) in [6, 6.07) is 75.5. The molecule has 0 N–H and O–H groups in total. The molecule has 402 valence electrons. The third-order valence-corrected chi connectivity index (χ3v) is 16.6. The van der Waals surface area contributed by atoms with Gasteiger partial charge in [-0.2, -0.15) is 0 Å². The minimum atomic E-state index is -0.781. The Labute approximate surface area is 517 Å². The molecule has 85 heavy (non-hydrogen) atoms. The molecule has 0 saturated heterocycles. The number of hydrogen-bond donors (Lipinski definition) is 0. The van der Waals surface area contributed by atoms with Gasteiger partial charge in [0.15, 0.2) is 0 Å². The number of rotatable bonds is 10. The van der Waals surface area contributed by atoms with E-state index >= 15 is 0 Å². The van der Waals surface area contributed by atoms with Crippen LogP contribution < -0.4 is 26.2 Å². The smallest absolute Gasteiger partial charge is 0.253 e. The molecular weight excluding hydrogens is 1020 g/mol. The zero-order chi connectivity index (χ0) is 67.5. The van der Waals surface area contributed by atoms with Crippen molar-refractivity contribution in [2.24, 2.45) is 0 Å². The van der Waals surface area contributed by atoms with Gasteiger partial charge in [0.05, 0.1) is 27.8 Å². The Bertz CT molecular complexity index is 4840. The highest BCUT2D eigenvalue weighted by Gasteiger charge is 2.48. The Kier molecular flexibility index (Phi) is 10.0. The van der Waals surface area contributed by atoms with Gasteiger partial charge in [-0.1, -0.05) is 300 Å². The van der Waals surface area contributed by atoms with E-state index in [1.54, 1.807) is 24.3 Å². The number of fused-ring (bicyclic) bond motifs is 4. The fraction of sp³-hybridized carbons (Fsp3) is 0.0488. The van der Waals surface area contributed by atoms with E-state index in [9.17, 15) is 8.22 Å². The summed E-state index contributed by atoms with van der Waals surface area (Å²) in [5.74, 6) is 0. The first-order valence-electron chi connectivity index (χ1n) is 34.7. The van der Waals surface area contributed by atoms with Gasteiger partial charge in [-0.25, -0.2) is 0 Å². The molecular formula is C82H61BN2. The average Bonchev–Trinajstić information content (AvgIpc) is 0.677. The first-order valence-corrected chi connectivity index (χ1v) is 28.7. The molecule has 0 aromatic heterocycles. The largest absolute Gasteiger partial charge is 0.310 e. The first kappa shape index (κ1) is 39.9. The summed E-state index contributed by atoms with van der Waals surface area (Å²) in [4.78, 5) is 4.36. The van der Waals surface area contributed by atoms with Crippen molar-refractivity contribution in [2.45, 2.75) is 26.2 Å². The van der Waals surface area contributed by atoms with Gasteiger partial charge in [0.2, 0.25) is 0 Å². The SMILES string of the molecule is [2H]c1cc(-c2cc(-c3ccccc3)c3c(c2)N(c2c(-c4ccccc4)c([2H])c([2H])c([2H])c2-c2ccccc2)c2cc(C(C)(C)C)cc4c2B3c2c(-c3ccccc3)cc(-c3cc([2H])c([2H])c([2H])c3)cc2N4c2c(-c3ccccc3)c([2H])c([2H])c([2H])c2-c2ccccc2)cc([2H])c1[2H]. The van der Waals surface area contributed by atoms with Crippen LogP contribution in [0.4, 0.5) is 34.1 Å². The summed E-state index contributed by atoms with van der Waals surface area (Å²) in [7, 11) is 0. The van der Waals surface area contributed by atoms with Gasteiger partial charge in [0.1, 0.15) is 0 Å². The Hall–Kier alpha value is -10.5. The molecule has 2 aliphatic rings. The highest BCUT2D eigenvalue weighted by Crippen LogP contribution is 2.55. The molecule has 15 rings (SSSR count). The molecule has 0 unspecified atom stereocenters. The van der Waals surface area contributed by atoms with Crippen LogP contribution in [-0.2, 0) is 5.41 Å². The third-order valence-electron chi connectivity index (χ3n) is 16.6. The van der Waals surface area contributed by atoms with Crippen LogP contribution in [-0.4, -0.2) is 6.71 Å². The zero-order valence-electron chi connectivity index (χ0n) is 59.1. The summed E-state index contributed by atoms with van der Waals surface area (Å²) >= 11 is 0. The lowest BCUT2D eigenvalue weighted by Crippen LogP contribution is -2.62. The van der Waals surface area contributed by atoms with Crippen LogP contribution >= 0.6 is 0 Å². The number of hydrogen-bond acceptors (Lipinski definition) is 2. The van der Waals surface area contributed by atoms with Crippen LogP contribution in [0.3, 0.4) is 0 Å². The number of para-hydroxylation sites is 2. The highest BCUT2D eigenvalue weighted by atomic mass is 15.2. The quantitative estimate of drug-likeness (QED) is 0.126. The molecule has 0 saturated carbocycles. The molecule has 0 atom stereocenters. The van der Waals surface area contributed by atoms with Gasteiger partial charge < -0.3 is 9.80 Å². The van der Waals surface area contributed by atoms with E-state index in [1.165, 1.54) is 0 Å². The van der Waals surface area contributed by atoms with Crippen LogP contribution in [0.5, 0.6) is 0 Å². The maximum Gasteiger partial charge on any atom is 0.253 e. The number of anilines is 6. The lowest BCUT2D eigenvalue weighted by Gasteiger charge is -2.47. The summed E-state index contributed by atoms with van der Waals surface area (Å²) in [6.45, 7) is 5.65. The Morgan fingerprint density at radius 3 is 0.847 bits per heavy atom. The number of benzene rings is 13. The van der Waals surface area contributed by atoms with Crippen molar-refractivity contribution in [1.29, 1.82) is 0 Å². The monoisotopic (exact) mass is 1100 g/mol. The highest BCUT2D eigenvalue weighted by molar-refractivity contribution is 7.02. The third kappa shape index (κ3) is 9.08. The Morgan fingerprint density at radius 1 is 0.271 bits per heavy atom. The molecule has 2 aliphatic heterocycles. The van der Waals surface area contributed by atoms with Gasteiger partial charge in [0.25, 0.3) is 6.71 Å². The van der Waals surface area contributed by atoms with E-state index < -0.39 is 12.1 Å². The van der Waals surface area contributed by atoms with Gasteiger partial charge >= 0.3 is 0 Å². The normalized spacial score (nSPS) is 14.3. The lowest BCUT2D eigenvalue weighted by atomic mass is 9.31. The molecule has 0 radical (unpaired) electrons. The predicted octanol–water partition coefficient (Wildman–Crippen LogP) is 20.4. The summed E-state index contributed by atoms with van der Waals surface area (Å²) in [5.41, 5.74) is 15.4. The van der Waals surface area contributed by atoms with Gasteiger partial charge in [-0.15, -0.1) is 0 Å². The minimum Gasteiger partial charge on any atom is -0.310 e. The van der Waals surface area contributed by atoms with Gasteiger partial charge in [-0.3, -0.25) is 0 Å². The van der Waals surface area contributed by atoms with E-state index in [4.69, 9.17) is 8.22 Å². The van der Waals surface area contributed by atoms with Crippen molar-refractivity contribution in [3.8, 4) is 89.0 Å². The fourth-order valence-corrected chi connectivity index (χ4v) is 12.7. The predicted molar refractivity (Wildman–Crippen MR) is 363 cm³/mol. The zero-order valence-corrected chi connectivity index (χ0v) is 47.1. The molecule has 13 aromatic rings. The van der Waals surface area contributed by atoms with E-state index in [2.05, 4.69) is 91.2 Å². The van der Waals surface area contributed by atoms with Crippen LogP contribution in [0.1, 0.15) is 42.8 Å². The maximum atomic E-state index is 10.3. The lowest BCUT2D eigenvalue weighted by molar-refractivity contribution is 0.590. The molecule has 0 spiro atoms. The van der Waals surface area contributed by atoms with Crippen LogP contribution in [0.2, 0.25) is 0 Å².